The summed E-state index contributed by atoms with van der Waals surface area (Å²) in [5.41, 5.74) is 1.15. The fourth-order valence-corrected chi connectivity index (χ4v) is 2.27. The van der Waals surface area contributed by atoms with Gasteiger partial charge in [-0.3, -0.25) is 14.9 Å². The van der Waals surface area contributed by atoms with E-state index in [9.17, 15) is 14.9 Å². The number of non-ortho nitro benzene ring substituents is 1. The lowest BCUT2D eigenvalue weighted by molar-refractivity contribution is -0.384. The van der Waals surface area contributed by atoms with Gasteiger partial charge in [-0.15, -0.1) is 0 Å². The molecule has 8 heteroatoms. The lowest BCUT2D eigenvalue weighted by atomic mass is 10.1. The van der Waals surface area contributed by atoms with Gasteiger partial charge < -0.3 is 15.4 Å². The first-order chi connectivity index (χ1) is 11.5. The molecule has 126 valence electrons. The molecule has 0 saturated carbocycles. The lowest BCUT2D eigenvalue weighted by Gasteiger charge is -2.12. The molecule has 0 aliphatic carbocycles. The molecule has 0 saturated heterocycles. The van der Waals surface area contributed by atoms with Gasteiger partial charge in [-0.2, -0.15) is 0 Å². The number of nitrogens with zero attached hydrogens (tertiary/aromatic N) is 1. The molecule has 0 bridgehead atoms. The number of methoxy groups -OCH3 is 1. The van der Waals surface area contributed by atoms with Crippen molar-refractivity contribution in [3.05, 3.63) is 62.6 Å². The Morgan fingerprint density at radius 3 is 2.58 bits per heavy atom. The summed E-state index contributed by atoms with van der Waals surface area (Å²) in [7, 11) is 1.57. The van der Waals surface area contributed by atoms with Gasteiger partial charge in [0, 0.05) is 41.6 Å². The fraction of sp³-hybridized carbons (Fsp3) is 0.188. The molecule has 24 heavy (non-hydrogen) atoms. The average Bonchev–Trinajstić information content (AvgIpc) is 2.57. The molecule has 0 aromatic heterocycles. The van der Waals surface area contributed by atoms with Crippen molar-refractivity contribution in [2.24, 2.45) is 0 Å². The van der Waals surface area contributed by atoms with Crippen LogP contribution >= 0.6 is 15.9 Å². The molecule has 2 rings (SSSR count). The van der Waals surface area contributed by atoms with E-state index in [1.807, 2.05) is 0 Å². The zero-order valence-corrected chi connectivity index (χ0v) is 14.5. The van der Waals surface area contributed by atoms with Crippen LogP contribution < -0.4 is 10.6 Å². The largest absolute Gasteiger partial charge is 0.383 e. The quantitative estimate of drug-likeness (QED) is 0.425. The number of nitro benzene ring substituents is 1. The van der Waals surface area contributed by atoms with Crippen molar-refractivity contribution in [1.82, 2.24) is 0 Å². The fourth-order valence-electron chi connectivity index (χ4n) is 2.01. The second-order valence-electron chi connectivity index (χ2n) is 4.87. The van der Waals surface area contributed by atoms with Crippen LogP contribution in [-0.2, 0) is 4.74 Å². The summed E-state index contributed by atoms with van der Waals surface area (Å²) in [5.74, 6) is -0.430. The number of benzene rings is 2. The summed E-state index contributed by atoms with van der Waals surface area (Å²) < 4.78 is 5.84. The Hall–Kier alpha value is -2.45. The van der Waals surface area contributed by atoms with Crippen molar-refractivity contribution < 1.29 is 14.5 Å². The van der Waals surface area contributed by atoms with Gasteiger partial charge in [-0.05, 0) is 30.3 Å². The van der Waals surface area contributed by atoms with Gasteiger partial charge in [0.2, 0.25) is 0 Å². The van der Waals surface area contributed by atoms with E-state index < -0.39 is 10.8 Å². The van der Waals surface area contributed by atoms with E-state index in [0.29, 0.717) is 24.5 Å². The smallest absolute Gasteiger partial charge is 0.270 e. The maximum Gasteiger partial charge on any atom is 0.270 e. The number of hydrogen-bond acceptors (Lipinski definition) is 5. The molecule has 0 fully saturated rings. The van der Waals surface area contributed by atoms with Crippen molar-refractivity contribution in [2.75, 3.05) is 30.9 Å². The van der Waals surface area contributed by atoms with Gasteiger partial charge in [-0.1, -0.05) is 15.9 Å². The molecular weight excluding hydrogens is 378 g/mol. The molecular formula is C16H16BrN3O4. The van der Waals surface area contributed by atoms with Crippen molar-refractivity contribution in [3.63, 3.8) is 0 Å². The Morgan fingerprint density at radius 1 is 1.25 bits per heavy atom. The molecule has 2 N–H and O–H groups in total. The molecule has 2 aromatic rings. The average molecular weight is 394 g/mol. The Bertz CT molecular complexity index is 735. The minimum Gasteiger partial charge on any atom is -0.383 e. The van der Waals surface area contributed by atoms with E-state index in [4.69, 9.17) is 4.74 Å². The second kappa shape index (κ2) is 8.42. The van der Waals surface area contributed by atoms with Gasteiger partial charge in [0.05, 0.1) is 17.1 Å². The number of rotatable bonds is 7. The van der Waals surface area contributed by atoms with Gasteiger partial charge in [-0.25, -0.2) is 0 Å². The highest BCUT2D eigenvalue weighted by Gasteiger charge is 2.17. The number of carbonyl (C=O) groups is 1. The van der Waals surface area contributed by atoms with E-state index in [-0.39, 0.29) is 11.3 Å². The van der Waals surface area contributed by atoms with Gasteiger partial charge in [0.15, 0.2) is 0 Å². The van der Waals surface area contributed by atoms with Crippen LogP contribution in [0.25, 0.3) is 0 Å². The number of carbonyl (C=O) groups excluding carboxylic acids is 1. The maximum absolute atomic E-state index is 12.5. The predicted molar refractivity (Wildman–Crippen MR) is 95.6 cm³/mol. The number of hydrogen-bond donors (Lipinski definition) is 2. The van der Waals surface area contributed by atoms with E-state index in [1.165, 1.54) is 18.2 Å². The highest BCUT2D eigenvalue weighted by atomic mass is 79.9. The number of halogens is 1. The lowest BCUT2D eigenvalue weighted by Crippen LogP contribution is -2.16. The zero-order chi connectivity index (χ0) is 17.5. The molecule has 0 aliphatic heterocycles. The number of nitro groups is 1. The number of anilines is 2. The normalized spacial score (nSPS) is 10.2. The monoisotopic (exact) mass is 393 g/mol. The van der Waals surface area contributed by atoms with Crippen molar-refractivity contribution in [3.8, 4) is 0 Å². The summed E-state index contributed by atoms with van der Waals surface area (Å²) >= 11 is 3.32. The highest BCUT2D eigenvalue weighted by molar-refractivity contribution is 9.10. The van der Waals surface area contributed by atoms with Crippen molar-refractivity contribution in [1.29, 1.82) is 0 Å². The third-order valence-corrected chi connectivity index (χ3v) is 3.71. The standard InChI is InChI=1S/C16H16BrN3O4/c1-24-9-8-18-15-7-6-13(20(22)23)10-14(15)16(21)19-12-4-2-11(17)3-5-12/h2-7,10,18H,8-9H2,1H3,(H,19,21). The maximum atomic E-state index is 12.5. The first-order valence-electron chi connectivity index (χ1n) is 7.09. The molecule has 0 unspecified atom stereocenters. The molecule has 0 spiro atoms. The first kappa shape index (κ1) is 17.9. The summed E-state index contributed by atoms with van der Waals surface area (Å²) in [5, 5.41) is 16.7. The Balaban J connectivity index is 2.26. The zero-order valence-electron chi connectivity index (χ0n) is 12.9. The Kier molecular flexibility index (Phi) is 6.28. The predicted octanol–water partition coefficient (Wildman–Crippen LogP) is 3.67. The van der Waals surface area contributed by atoms with Gasteiger partial charge in [0.25, 0.3) is 11.6 Å². The Morgan fingerprint density at radius 2 is 1.96 bits per heavy atom. The molecule has 2 aromatic carbocycles. The van der Waals surface area contributed by atoms with Crippen LogP contribution in [0.2, 0.25) is 0 Å². The highest BCUT2D eigenvalue weighted by Crippen LogP contribution is 2.24. The van der Waals surface area contributed by atoms with E-state index >= 15 is 0 Å². The number of nitrogens with one attached hydrogen (secondary N) is 2. The molecule has 1 amide bonds. The summed E-state index contributed by atoms with van der Waals surface area (Å²) in [6, 6.07) is 11.2. The molecule has 0 heterocycles. The first-order valence-corrected chi connectivity index (χ1v) is 7.88. The van der Waals surface area contributed by atoms with Crippen molar-refractivity contribution >= 4 is 38.9 Å². The Labute approximate surface area is 147 Å². The molecule has 0 radical (unpaired) electrons. The summed E-state index contributed by atoms with van der Waals surface area (Å²) in [4.78, 5) is 22.9. The van der Waals surface area contributed by atoms with Crippen LogP contribution in [0.5, 0.6) is 0 Å². The summed E-state index contributed by atoms with van der Waals surface area (Å²) in [6.45, 7) is 0.928. The van der Waals surface area contributed by atoms with Gasteiger partial charge >= 0.3 is 0 Å². The van der Waals surface area contributed by atoms with Crippen LogP contribution in [0.3, 0.4) is 0 Å². The van der Waals surface area contributed by atoms with Gasteiger partial charge in [0.1, 0.15) is 0 Å². The topological polar surface area (TPSA) is 93.5 Å². The van der Waals surface area contributed by atoms with Crippen LogP contribution in [-0.4, -0.2) is 31.1 Å². The van der Waals surface area contributed by atoms with E-state index in [0.717, 1.165) is 4.47 Å². The molecule has 0 aliphatic rings. The van der Waals surface area contributed by atoms with Crippen LogP contribution in [0.15, 0.2) is 46.9 Å². The summed E-state index contributed by atoms with van der Waals surface area (Å²) in [6.07, 6.45) is 0. The molecule has 7 nitrogen and oxygen atoms in total. The SMILES string of the molecule is COCCNc1ccc([N+](=O)[O-])cc1C(=O)Nc1ccc(Br)cc1. The number of amides is 1. The minimum absolute atomic E-state index is 0.145. The third kappa shape index (κ3) is 4.77. The third-order valence-electron chi connectivity index (χ3n) is 3.18. The van der Waals surface area contributed by atoms with Crippen LogP contribution in [0.1, 0.15) is 10.4 Å². The number of ether oxygens (including phenoxy) is 1. The van der Waals surface area contributed by atoms with E-state index in [2.05, 4.69) is 26.6 Å². The van der Waals surface area contributed by atoms with Crippen molar-refractivity contribution in [2.45, 2.75) is 0 Å². The van der Waals surface area contributed by atoms with Crippen LogP contribution in [0, 0.1) is 10.1 Å². The van der Waals surface area contributed by atoms with Crippen LogP contribution in [0.4, 0.5) is 17.1 Å². The molecule has 0 atom stereocenters. The van der Waals surface area contributed by atoms with E-state index in [1.54, 1.807) is 31.4 Å². The second-order valence-corrected chi connectivity index (χ2v) is 5.78. The minimum atomic E-state index is -0.532.